The summed E-state index contributed by atoms with van der Waals surface area (Å²) >= 11 is 0. The quantitative estimate of drug-likeness (QED) is 0.490. The molecule has 0 nitrogen and oxygen atoms in total. The Morgan fingerprint density at radius 3 is 2.40 bits per heavy atom. The van der Waals surface area contributed by atoms with Gasteiger partial charge in [0.2, 0.25) is 0 Å². The smallest absolute Gasteiger partial charge is 0.00555 e. The molecule has 5 rings (SSSR count). The summed E-state index contributed by atoms with van der Waals surface area (Å²) in [6.07, 6.45) is 16.3. The summed E-state index contributed by atoms with van der Waals surface area (Å²) in [6.45, 7) is 9.13. The highest BCUT2D eigenvalue weighted by molar-refractivity contribution is 5.90. The largest absolute Gasteiger partial charge is 0.0761 e. The van der Waals surface area contributed by atoms with Gasteiger partial charge in [0.25, 0.3) is 0 Å². The Morgan fingerprint density at radius 1 is 0.900 bits per heavy atom. The Bertz CT molecular complexity index is 1060. The van der Waals surface area contributed by atoms with E-state index in [4.69, 9.17) is 0 Å². The third kappa shape index (κ3) is 3.51. The molecule has 0 saturated heterocycles. The summed E-state index contributed by atoms with van der Waals surface area (Å²) in [7, 11) is 0. The Balaban J connectivity index is 1.38. The van der Waals surface area contributed by atoms with E-state index in [2.05, 4.69) is 88.4 Å². The van der Waals surface area contributed by atoms with Crippen molar-refractivity contribution < 1.29 is 0 Å². The maximum absolute atomic E-state index is 2.47. The third-order valence-electron chi connectivity index (χ3n) is 7.45. The van der Waals surface area contributed by atoms with E-state index in [9.17, 15) is 0 Å². The molecule has 1 fully saturated rings. The van der Waals surface area contributed by atoms with Gasteiger partial charge in [0.1, 0.15) is 0 Å². The first-order valence-electron chi connectivity index (χ1n) is 11.7. The average molecular weight is 395 g/mol. The van der Waals surface area contributed by atoms with Gasteiger partial charge in [-0.05, 0) is 88.1 Å². The lowest BCUT2D eigenvalue weighted by molar-refractivity contribution is 0.498. The normalized spacial score (nSPS) is 21.1. The van der Waals surface area contributed by atoms with E-state index in [0.29, 0.717) is 5.92 Å². The van der Waals surface area contributed by atoms with E-state index >= 15 is 0 Å². The fourth-order valence-corrected chi connectivity index (χ4v) is 5.87. The first kappa shape index (κ1) is 19.6. The SMILES string of the molecule is Cc1cc(C2=CCC(c3ccc4c(c3)C=CC4C3CCCC3)=C2)ccc1C(C)(C)C. The second-order valence-corrected chi connectivity index (χ2v) is 10.6. The van der Waals surface area contributed by atoms with Crippen molar-refractivity contribution in [1.82, 2.24) is 0 Å². The minimum Gasteiger partial charge on any atom is -0.0761 e. The standard InChI is InChI=1S/C30H34/c1-20-17-22(13-16-29(20)30(2,3)4)23-9-10-24(18-23)25-11-14-28-26(19-25)12-15-27(28)21-7-5-6-8-21/h9,11-19,21,27H,5-8,10H2,1-4H3. The maximum atomic E-state index is 2.47. The molecule has 0 aliphatic heterocycles. The van der Waals surface area contributed by atoms with E-state index in [-0.39, 0.29) is 5.41 Å². The Hall–Kier alpha value is -2.34. The molecule has 1 atom stereocenters. The van der Waals surface area contributed by atoms with Crippen LogP contribution >= 0.6 is 0 Å². The molecule has 2 aromatic rings. The highest BCUT2D eigenvalue weighted by Gasteiger charge is 2.28. The predicted molar refractivity (Wildman–Crippen MR) is 131 cm³/mol. The highest BCUT2D eigenvalue weighted by atomic mass is 14.3. The number of allylic oxidation sites excluding steroid dienone is 5. The van der Waals surface area contributed by atoms with Crippen molar-refractivity contribution in [2.75, 3.05) is 0 Å². The first-order chi connectivity index (χ1) is 14.4. The monoisotopic (exact) mass is 394 g/mol. The average Bonchev–Trinajstić information content (AvgIpc) is 3.45. The molecule has 2 aromatic carbocycles. The van der Waals surface area contributed by atoms with Crippen molar-refractivity contribution in [2.45, 2.75) is 71.1 Å². The molecule has 1 unspecified atom stereocenters. The summed E-state index contributed by atoms with van der Waals surface area (Å²) in [5.41, 5.74) is 11.6. The van der Waals surface area contributed by atoms with Gasteiger partial charge in [-0.1, -0.05) is 88.2 Å². The minimum atomic E-state index is 0.196. The number of aryl methyl sites for hydroxylation is 1. The van der Waals surface area contributed by atoms with Crippen molar-refractivity contribution in [3.05, 3.63) is 88.0 Å². The maximum Gasteiger partial charge on any atom is 0.00555 e. The number of rotatable bonds is 3. The van der Waals surface area contributed by atoms with Gasteiger partial charge in [0.05, 0.1) is 0 Å². The second kappa shape index (κ2) is 7.41. The van der Waals surface area contributed by atoms with Gasteiger partial charge in [0.15, 0.2) is 0 Å². The van der Waals surface area contributed by atoms with Crippen molar-refractivity contribution >= 4 is 17.2 Å². The summed E-state index contributed by atoms with van der Waals surface area (Å²) < 4.78 is 0. The van der Waals surface area contributed by atoms with Gasteiger partial charge in [-0.15, -0.1) is 0 Å². The van der Waals surface area contributed by atoms with E-state index in [1.165, 1.54) is 64.6 Å². The topological polar surface area (TPSA) is 0 Å². The van der Waals surface area contributed by atoms with Crippen molar-refractivity contribution in [3.63, 3.8) is 0 Å². The van der Waals surface area contributed by atoms with E-state index in [0.717, 1.165) is 12.3 Å². The summed E-state index contributed by atoms with van der Waals surface area (Å²) in [6, 6.07) is 14.2. The van der Waals surface area contributed by atoms with Crippen LogP contribution in [-0.4, -0.2) is 0 Å². The molecular weight excluding hydrogens is 360 g/mol. The molecule has 0 heterocycles. The van der Waals surface area contributed by atoms with E-state index in [1.54, 1.807) is 5.56 Å². The summed E-state index contributed by atoms with van der Waals surface area (Å²) in [5.74, 6) is 1.53. The molecule has 30 heavy (non-hydrogen) atoms. The van der Waals surface area contributed by atoms with Crippen LogP contribution in [0, 0.1) is 12.8 Å². The summed E-state index contributed by atoms with van der Waals surface area (Å²) in [5, 5.41) is 0. The number of fused-ring (bicyclic) bond motifs is 1. The molecule has 0 bridgehead atoms. The van der Waals surface area contributed by atoms with Crippen LogP contribution in [0.4, 0.5) is 0 Å². The molecule has 0 radical (unpaired) electrons. The molecular formula is C30H34. The minimum absolute atomic E-state index is 0.196. The van der Waals surface area contributed by atoms with Gasteiger partial charge < -0.3 is 0 Å². The predicted octanol–water partition coefficient (Wildman–Crippen LogP) is 8.46. The van der Waals surface area contributed by atoms with Crippen LogP contribution < -0.4 is 0 Å². The van der Waals surface area contributed by atoms with Crippen molar-refractivity contribution in [2.24, 2.45) is 5.92 Å². The van der Waals surface area contributed by atoms with Crippen molar-refractivity contribution in [3.8, 4) is 0 Å². The van der Waals surface area contributed by atoms with Crippen LogP contribution in [0.2, 0.25) is 0 Å². The zero-order valence-electron chi connectivity index (χ0n) is 19.0. The van der Waals surface area contributed by atoms with E-state index in [1.807, 2.05) is 0 Å². The zero-order chi connectivity index (χ0) is 20.9. The molecule has 0 N–H and O–H groups in total. The van der Waals surface area contributed by atoms with Crippen LogP contribution in [0.3, 0.4) is 0 Å². The number of benzene rings is 2. The Morgan fingerprint density at radius 2 is 1.67 bits per heavy atom. The van der Waals surface area contributed by atoms with Gasteiger partial charge in [-0.3, -0.25) is 0 Å². The van der Waals surface area contributed by atoms with Crippen LogP contribution in [-0.2, 0) is 5.41 Å². The highest BCUT2D eigenvalue weighted by Crippen LogP contribution is 2.44. The van der Waals surface area contributed by atoms with Gasteiger partial charge in [0, 0.05) is 5.92 Å². The number of hydrogen-bond acceptors (Lipinski definition) is 0. The number of hydrogen-bond donors (Lipinski definition) is 0. The lowest BCUT2D eigenvalue weighted by Gasteiger charge is -2.22. The lowest BCUT2D eigenvalue weighted by atomic mass is 9.83. The molecule has 1 saturated carbocycles. The molecule has 0 spiro atoms. The molecule has 0 amide bonds. The van der Waals surface area contributed by atoms with Gasteiger partial charge >= 0.3 is 0 Å². The Kier molecular flexibility index (Phi) is 4.85. The fourth-order valence-electron chi connectivity index (χ4n) is 5.87. The Labute approximate surface area is 182 Å². The van der Waals surface area contributed by atoms with Gasteiger partial charge in [-0.25, -0.2) is 0 Å². The lowest BCUT2D eigenvalue weighted by Crippen LogP contribution is -2.13. The fraction of sp³-hybridized carbons (Fsp3) is 0.400. The van der Waals surface area contributed by atoms with Crippen LogP contribution in [0.15, 0.2) is 54.6 Å². The van der Waals surface area contributed by atoms with Gasteiger partial charge in [-0.2, -0.15) is 0 Å². The zero-order valence-corrected chi connectivity index (χ0v) is 19.0. The van der Waals surface area contributed by atoms with Crippen LogP contribution in [0.5, 0.6) is 0 Å². The third-order valence-corrected chi connectivity index (χ3v) is 7.45. The molecule has 3 aliphatic carbocycles. The van der Waals surface area contributed by atoms with Crippen LogP contribution in [0.25, 0.3) is 17.2 Å². The molecule has 0 aromatic heterocycles. The molecule has 154 valence electrons. The van der Waals surface area contributed by atoms with Crippen molar-refractivity contribution in [1.29, 1.82) is 0 Å². The second-order valence-electron chi connectivity index (χ2n) is 10.6. The van der Waals surface area contributed by atoms with E-state index < -0.39 is 0 Å². The molecule has 0 heteroatoms. The first-order valence-corrected chi connectivity index (χ1v) is 11.7. The summed E-state index contributed by atoms with van der Waals surface area (Å²) in [4.78, 5) is 0. The van der Waals surface area contributed by atoms with Crippen LogP contribution in [0.1, 0.15) is 92.2 Å². The molecule has 3 aliphatic rings.